The number of hydrogen-bond donors (Lipinski definition) is 2. The molecular formula is C69H115N13O. The van der Waals surface area contributed by atoms with Crippen molar-refractivity contribution < 1.29 is 0 Å². The summed E-state index contributed by atoms with van der Waals surface area (Å²) in [6.07, 6.45) is 25.9. The number of rotatable bonds is 6. The molecule has 0 saturated heterocycles. The largest absolute Gasteiger partial charge is 0.346 e. The molecule has 0 amide bonds. The molecule has 0 fully saturated rings. The van der Waals surface area contributed by atoms with Crippen molar-refractivity contribution in [3.63, 3.8) is 0 Å². The number of nitrogens with zero attached hydrogens (tertiary/aromatic N) is 11. The number of nitrogens with one attached hydrogen (secondary N) is 2. The van der Waals surface area contributed by atoms with Crippen molar-refractivity contribution in [1.29, 1.82) is 0 Å². The zero-order valence-electron chi connectivity index (χ0n) is 57.1. The van der Waals surface area contributed by atoms with Crippen molar-refractivity contribution in [2.45, 2.75) is 229 Å². The molecule has 0 atom stereocenters. The maximum absolute atomic E-state index is 10.7. The molecule has 0 unspecified atom stereocenters. The van der Waals surface area contributed by atoms with Gasteiger partial charge >= 0.3 is 0 Å². The standard InChI is InChI=1S/C10H12N2.3C9H11N3.C8H11NO.C8H11N.8C2H6/c1-7(2)8-3-5-11-10-9(8)4-6-12-10;1-7(2)8-3-4-10-9-11-5-6-12(8)9;2*1-7(2)8-6-11-9-10-4-3-5-12(8)9;1-6(2)7-3-4-9-8(10)5-7;1-7(2)8-3-5-9-6-4-8;8*1-2/h3-7H,1-2H3,(H,11,12);3*3-7H,1-2H3;3-6H,1-2H3,(H,9,10);3-7H,1-2H3;8*1-2H3. The van der Waals surface area contributed by atoms with Gasteiger partial charge in [0.2, 0.25) is 22.9 Å². The molecule has 0 aliphatic heterocycles. The molecule has 0 spiro atoms. The lowest BCUT2D eigenvalue weighted by atomic mass is 10.0. The average Bonchev–Trinajstić information content (AvgIpc) is 4.54. The summed E-state index contributed by atoms with van der Waals surface area (Å²) in [5.41, 5.74) is 8.43. The molecular weight excluding hydrogens is 1030 g/mol. The predicted octanol–water partition coefficient (Wildman–Crippen LogP) is 20.2. The first-order chi connectivity index (χ1) is 40.2. The zero-order valence-corrected chi connectivity index (χ0v) is 57.1. The van der Waals surface area contributed by atoms with E-state index in [2.05, 4.69) is 145 Å². The minimum absolute atomic E-state index is 0.0220. The number of pyridine rings is 3. The zero-order chi connectivity index (χ0) is 64.5. The Balaban J connectivity index is -0.000000430. The van der Waals surface area contributed by atoms with Gasteiger partial charge in [-0.15, -0.1) is 0 Å². The Morgan fingerprint density at radius 3 is 1.18 bits per heavy atom. The molecule has 10 aromatic rings. The molecule has 10 heterocycles. The van der Waals surface area contributed by atoms with Gasteiger partial charge in [-0.25, -0.2) is 34.9 Å². The third-order valence-electron chi connectivity index (χ3n) is 10.7. The van der Waals surface area contributed by atoms with Crippen molar-refractivity contribution in [2.75, 3.05) is 0 Å². The van der Waals surface area contributed by atoms with Gasteiger partial charge in [0.25, 0.3) is 0 Å². The lowest BCUT2D eigenvalue weighted by Gasteiger charge is -2.06. The summed E-state index contributed by atoms with van der Waals surface area (Å²) in [7, 11) is 0. The monoisotopic (exact) mass is 1140 g/mol. The van der Waals surface area contributed by atoms with E-state index < -0.39 is 0 Å². The third-order valence-corrected chi connectivity index (χ3v) is 10.7. The van der Waals surface area contributed by atoms with Gasteiger partial charge in [-0.05, 0) is 101 Å². The van der Waals surface area contributed by atoms with Crippen LogP contribution in [-0.2, 0) is 0 Å². The second-order valence-corrected chi connectivity index (χ2v) is 17.7. The minimum Gasteiger partial charge on any atom is -0.346 e. The van der Waals surface area contributed by atoms with Crippen LogP contribution in [0.1, 0.15) is 263 Å². The molecule has 0 aliphatic carbocycles. The highest BCUT2D eigenvalue weighted by atomic mass is 16.1. The molecule has 2 N–H and O–H groups in total. The molecule has 14 nitrogen and oxygen atoms in total. The summed E-state index contributed by atoms with van der Waals surface area (Å²) in [6.45, 7) is 57.8. The van der Waals surface area contributed by atoms with Crippen LogP contribution >= 0.6 is 0 Å². The number of H-pyrrole nitrogens is 2. The van der Waals surface area contributed by atoms with E-state index in [4.69, 9.17) is 0 Å². The van der Waals surface area contributed by atoms with Crippen LogP contribution < -0.4 is 5.56 Å². The van der Waals surface area contributed by atoms with E-state index in [1.54, 1.807) is 37.1 Å². The number of hydrogen-bond acceptors (Lipinski definition) is 9. The van der Waals surface area contributed by atoms with Gasteiger partial charge in [0.05, 0.1) is 12.4 Å². The Hall–Kier alpha value is -7.35. The highest BCUT2D eigenvalue weighted by Crippen LogP contribution is 2.23. The Morgan fingerprint density at radius 1 is 0.361 bits per heavy atom. The average molecular weight is 1140 g/mol. The van der Waals surface area contributed by atoms with E-state index in [0.29, 0.717) is 35.5 Å². The Kier molecular flexibility index (Phi) is 51.0. The lowest BCUT2D eigenvalue weighted by molar-refractivity contribution is 0.794. The van der Waals surface area contributed by atoms with Crippen LogP contribution in [0.3, 0.4) is 0 Å². The number of imidazole rings is 3. The van der Waals surface area contributed by atoms with Crippen molar-refractivity contribution in [3.8, 4) is 0 Å². The first kappa shape index (κ1) is 82.1. The summed E-state index contributed by atoms with van der Waals surface area (Å²) in [5.74, 6) is 5.43. The third kappa shape index (κ3) is 30.0. The molecule has 0 radical (unpaired) electrons. The summed E-state index contributed by atoms with van der Waals surface area (Å²) in [4.78, 5) is 49.5. The van der Waals surface area contributed by atoms with Crippen molar-refractivity contribution in [3.05, 3.63) is 185 Å². The summed E-state index contributed by atoms with van der Waals surface area (Å²) < 4.78 is 6.06. The van der Waals surface area contributed by atoms with Gasteiger partial charge in [0.15, 0.2) is 0 Å². The van der Waals surface area contributed by atoms with E-state index >= 15 is 0 Å². The Morgan fingerprint density at radius 2 is 0.771 bits per heavy atom. The molecule has 0 saturated carbocycles. The molecule has 0 aromatic carbocycles. The normalized spacial score (nSPS) is 9.42. The second kappa shape index (κ2) is 51.5. The van der Waals surface area contributed by atoms with Crippen LogP contribution in [0.4, 0.5) is 0 Å². The van der Waals surface area contributed by atoms with Crippen LogP contribution in [0.15, 0.2) is 146 Å². The van der Waals surface area contributed by atoms with E-state index in [0.717, 1.165) is 28.5 Å². The summed E-state index contributed by atoms with van der Waals surface area (Å²) in [5, 5.41) is 1.24. The van der Waals surface area contributed by atoms with Gasteiger partial charge < -0.3 is 9.97 Å². The molecule has 14 heteroatoms. The Labute approximate surface area is 504 Å². The van der Waals surface area contributed by atoms with E-state index in [-0.39, 0.29) is 5.56 Å². The van der Waals surface area contributed by atoms with E-state index in [1.165, 1.54) is 33.6 Å². The maximum atomic E-state index is 10.7. The van der Waals surface area contributed by atoms with Crippen LogP contribution in [0.25, 0.3) is 28.4 Å². The Bertz CT molecular complexity index is 2880. The van der Waals surface area contributed by atoms with Gasteiger partial charge in [-0.3, -0.25) is 23.0 Å². The van der Waals surface area contributed by atoms with E-state index in [1.807, 2.05) is 216 Å². The summed E-state index contributed by atoms with van der Waals surface area (Å²) >= 11 is 0. The molecule has 462 valence electrons. The quantitative estimate of drug-likeness (QED) is 0.165. The fourth-order valence-electron chi connectivity index (χ4n) is 6.93. The van der Waals surface area contributed by atoms with Gasteiger partial charge in [-0.2, -0.15) is 0 Å². The molecule has 10 aromatic heterocycles. The summed E-state index contributed by atoms with van der Waals surface area (Å²) in [6, 6.07) is 17.7. The fourth-order valence-corrected chi connectivity index (χ4v) is 6.93. The SMILES string of the molecule is CC.CC.CC.CC.CC.CC.CC.CC.CC(C)c1cc[nH]c(=O)c1.CC(C)c1ccnc2[nH]ccc12.CC(C)c1ccnc2nccn12.CC(C)c1ccncc1.CC(C)c1cnc2ncccn12.CC(C)c1cnc2ncccn12. The highest BCUT2D eigenvalue weighted by Gasteiger charge is 2.08. The van der Waals surface area contributed by atoms with E-state index in [9.17, 15) is 4.79 Å². The smallest absolute Gasteiger partial charge is 0.248 e. The first-order valence-corrected chi connectivity index (χ1v) is 31.0. The minimum atomic E-state index is -0.0220. The maximum Gasteiger partial charge on any atom is 0.248 e. The van der Waals surface area contributed by atoms with Crippen LogP contribution in [0, 0.1) is 0 Å². The predicted molar refractivity (Wildman–Crippen MR) is 362 cm³/mol. The second-order valence-electron chi connectivity index (χ2n) is 17.7. The number of aromatic nitrogens is 13. The van der Waals surface area contributed by atoms with Crippen molar-refractivity contribution in [2.24, 2.45) is 0 Å². The number of aromatic amines is 2. The fraction of sp³-hybridized carbons (Fsp3) is 0.493. The first-order valence-electron chi connectivity index (χ1n) is 31.0. The molecule has 0 aliphatic rings. The lowest BCUT2D eigenvalue weighted by Crippen LogP contribution is -2.04. The topological polar surface area (TPSA) is 165 Å². The highest BCUT2D eigenvalue weighted by molar-refractivity contribution is 5.79. The van der Waals surface area contributed by atoms with Crippen LogP contribution in [0.2, 0.25) is 0 Å². The molecule has 83 heavy (non-hydrogen) atoms. The molecule has 10 rings (SSSR count). The number of fused-ring (bicyclic) bond motifs is 4. The van der Waals surface area contributed by atoms with Gasteiger partial charge in [0, 0.05) is 103 Å². The molecule has 0 bridgehead atoms. The van der Waals surface area contributed by atoms with Gasteiger partial charge in [-0.1, -0.05) is 194 Å². The van der Waals surface area contributed by atoms with Crippen molar-refractivity contribution >= 4 is 28.4 Å². The van der Waals surface area contributed by atoms with Crippen LogP contribution in [0.5, 0.6) is 0 Å². The van der Waals surface area contributed by atoms with Crippen molar-refractivity contribution in [1.82, 2.24) is 63.0 Å². The van der Waals surface area contributed by atoms with Gasteiger partial charge in [0.1, 0.15) is 5.65 Å². The van der Waals surface area contributed by atoms with Crippen LogP contribution in [-0.4, -0.2) is 63.0 Å².